The number of alkyl halides is 2. The lowest BCUT2D eigenvalue weighted by molar-refractivity contribution is -0.0498. The van der Waals surface area contributed by atoms with Crippen LogP contribution in [0.15, 0.2) is 59.9 Å². The van der Waals surface area contributed by atoms with E-state index in [1.54, 1.807) is 35.3 Å². The Labute approximate surface area is 182 Å². The van der Waals surface area contributed by atoms with E-state index in [2.05, 4.69) is 20.1 Å². The zero-order chi connectivity index (χ0) is 21.8. The molecule has 1 fully saturated rings. The standard InChI is InChI=1S/C21H20ClF2N5O2/c22-18-9-14(1-6-17(18)19-11-26-7-8-30-19)28-20(25)13-10-27-29(12-13)15-2-4-16(5-3-15)31-21(23)24/h1-6,9-10,12,19,21,26H,7-8,11H2,(H2,25,28)/t19-/m0/s1. The van der Waals surface area contributed by atoms with Crippen LogP contribution in [-0.4, -0.2) is 41.9 Å². The molecule has 0 unspecified atom stereocenters. The predicted octanol–water partition coefficient (Wildman–Crippen LogP) is 3.83. The Hall–Kier alpha value is -3.01. The second-order valence-electron chi connectivity index (χ2n) is 6.81. The van der Waals surface area contributed by atoms with Crippen LogP contribution in [0.3, 0.4) is 0 Å². The Balaban J connectivity index is 1.49. The average Bonchev–Trinajstić information content (AvgIpc) is 3.25. The summed E-state index contributed by atoms with van der Waals surface area (Å²) in [5, 5.41) is 8.08. The first-order chi connectivity index (χ1) is 15.0. The number of ether oxygens (including phenoxy) is 2. The Morgan fingerprint density at radius 3 is 2.77 bits per heavy atom. The van der Waals surface area contributed by atoms with Crippen molar-refractivity contribution in [1.29, 1.82) is 0 Å². The molecule has 3 N–H and O–H groups in total. The molecule has 10 heteroatoms. The lowest BCUT2D eigenvalue weighted by Gasteiger charge is -2.24. The number of nitrogens with one attached hydrogen (secondary N) is 1. The normalized spacial score (nSPS) is 17.2. The van der Waals surface area contributed by atoms with Crippen molar-refractivity contribution in [2.24, 2.45) is 10.7 Å². The van der Waals surface area contributed by atoms with E-state index >= 15 is 0 Å². The molecule has 162 valence electrons. The smallest absolute Gasteiger partial charge is 0.387 e. The first kappa shape index (κ1) is 21.2. The van der Waals surface area contributed by atoms with Crippen molar-refractivity contribution < 1.29 is 18.3 Å². The van der Waals surface area contributed by atoms with Gasteiger partial charge in [0.05, 0.1) is 35.8 Å². The average molecular weight is 448 g/mol. The highest BCUT2D eigenvalue weighted by atomic mass is 35.5. The fourth-order valence-corrected chi connectivity index (χ4v) is 3.49. The van der Waals surface area contributed by atoms with E-state index in [0.717, 1.165) is 12.1 Å². The summed E-state index contributed by atoms with van der Waals surface area (Å²) in [5.41, 5.74) is 8.92. The molecular weight excluding hydrogens is 428 g/mol. The number of aromatic nitrogens is 2. The van der Waals surface area contributed by atoms with Crippen LogP contribution >= 0.6 is 11.6 Å². The van der Waals surface area contributed by atoms with Gasteiger partial charge in [0.15, 0.2) is 0 Å². The molecular formula is C21H20ClF2N5O2. The van der Waals surface area contributed by atoms with Gasteiger partial charge in [0.2, 0.25) is 0 Å². The van der Waals surface area contributed by atoms with E-state index in [0.29, 0.717) is 35.1 Å². The SMILES string of the molecule is NC(=Nc1ccc([C@@H]2CNCCO2)c(Cl)c1)c1cnn(-c2ccc(OC(F)F)cc2)c1. The van der Waals surface area contributed by atoms with E-state index in [-0.39, 0.29) is 17.7 Å². The van der Waals surface area contributed by atoms with Gasteiger partial charge in [-0.05, 0) is 36.4 Å². The molecule has 0 radical (unpaired) electrons. The van der Waals surface area contributed by atoms with Crippen LogP contribution < -0.4 is 15.8 Å². The lowest BCUT2D eigenvalue weighted by atomic mass is 10.1. The van der Waals surface area contributed by atoms with E-state index in [4.69, 9.17) is 22.1 Å². The summed E-state index contributed by atoms with van der Waals surface area (Å²) in [6.07, 6.45) is 3.17. The molecule has 1 saturated heterocycles. The number of benzene rings is 2. The van der Waals surface area contributed by atoms with Crippen LogP contribution in [0.25, 0.3) is 5.69 Å². The van der Waals surface area contributed by atoms with Gasteiger partial charge in [0.25, 0.3) is 0 Å². The first-order valence-corrected chi connectivity index (χ1v) is 9.93. The molecule has 1 atom stereocenters. The van der Waals surface area contributed by atoms with Crippen LogP contribution in [0, 0.1) is 0 Å². The zero-order valence-corrected chi connectivity index (χ0v) is 17.1. The van der Waals surface area contributed by atoms with Gasteiger partial charge < -0.3 is 20.5 Å². The first-order valence-electron chi connectivity index (χ1n) is 9.56. The maximum atomic E-state index is 12.3. The summed E-state index contributed by atoms with van der Waals surface area (Å²) >= 11 is 6.43. The minimum absolute atomic E-state index is 0.0712. The van der Waals surface area contributed by atoms with Gasteiger partial charge in [-0.2, -0.15) is 13.9 Å². The number of morpholine rings is 1. The highest BCUT2D eigenvalue weighted by Gasteiger charge is 2.18. The summed E-state index contributed by atoms with van der Waals surface area (Å²) in [6, 6.07) is 11.6. The van der Waals surface area contributed by atoms with Crippen molar-refractivity contribution in [2.45, 2.75) is 12.7 Å². The third-order valence-electron chi connectivity index (χ3n) is 4.71. The van der Waals surface area contributed by atoms with Crippen molar-refractivity contribution in [2.75, 3.05) is 19.7 Å². The molecule has 3 aromatic rings. The van der Waals surface area contributed by atoms with Gasteiger partial charge in [-0.25, -0.2) is 9.67 Å². The molecule has 1 aromatic heterocycles. The number of nitrogens with two attached hydrogens (primary N) is 1. The molecule has 0 bridgehead atoms. The van der Waals surface area contributed by atoms with E-state index in [1.165, 1.54) is 12.1 Å². The monoisotopic (exact) mass is 447 g/mol. The molecule has 2 aromatic carbocycles. The molecule has 4 rings (SSSR count). The number of nitrogens with zero attached hydrogens (tertiary/aromatic N) is 3. The minimum Gasteiger partial charge on any atom is -0.435 e. The molecule has 0 spiro atoms. The number of hydrogen-bond donors (Lipinski definition) is 2. The molecule has 7 nitrogen and oxygen atoms in total. The van der Waals surface area contributed by atoms with Crippen molar-refractivity contribution >= 4 is 23.1 Å². The number of amidine groups is 1. The molecule has 1 aliphatic heterocycles. The molecule has 0 aliphatic carbocycles. The highest BCUT2D eigenvalue weighted by Crippen LogP contribution is 2.30. The second-order valence-corrected chi connectivity index (χ2v) is 7.22. The largest absolute Gasteiger partial charge is 0.435 e. The maximum absolute atomic E-state index is 12.3. The summed E-state index contributed by atoms with van der Waals surface area (Å²) in [6.45, 7) is -0.694. The topological polar surface area (TPSA) is 86.7 Å². The van der Waals surface area contributed by atoms with Gasteiger partial charge in [0, 0.05) is 29.9 Å². The maximum Gasteiger partial charge on any atom is 0.387 e. The number of rotatable bonds is 6. The van der Waals surface area contributed by atoms with E-state index < -0.39 is 6.61 Å². The van der Waals surface area contributed by atoms with Crippen LogP contribution in [0.2, 0.25) is 5.02 Å². The van der Waals surface area contributed by atoms with Gasteiger partial charge in [-0.1, -0.05) is 17.7 Å². The number of halogens is 3. The van der Waals surface area contributed by atoms with Crippen LogP contribution in [-0.2, 0) is 4.74 Å². The van der Waals surface area contributed by atoms with E-state index in [9.17, 15) is 8.78 Å². The molecule has 31 heavy (non-hydrogen) atoms. The quantitative estimate of drug-likeness (QED) is 0.443. The Morgan fingerprint density at radius 2 is 2.10 bits per heavy atom. The van der Waals surface area contributed by atoms with Crippen molar-refractivity contribution in [3.05, 3.63) is 71.0 Å². The van der Waals surface area contributed by atoms with Crippen LogP contribution in [0.5, 0.6) is 5.75 Å². The lowest BCUT2D eigenvalue weighted by Crippen LogP contribution is -2.33. The van der Waals surface area contributed by atoms with Gasteiger partial charge in [0.1, 0.15) is 11.6 Å². The zero-order valence-electron chi connectivity index (χ0n) is 16.3. The molecule has 2 heterocycles. The third kappa shape index (κ3) is 5.19. The molecule has 1 aliphatic rings. The molecule has 0 saturated carbocycles. The van der Waals surface area contributed by atoms with Gasteiger partial charge in [-0.15, -0.1) is 0 Å². The van der Waals surface area contributed by atoms with E-state index in [1.807, 2.05) is 12.1 Å². The van der Waals surface area contributed by atoms with Crippen molar-refractivity contribution in [3.63, 3.8) is 0 Å². The Kier molecular flexibility index (Phi) is 6.45. The van der Waals surface area contributed by atoms with Crippen molar-refractivity contribution in [3.8, 4) is 11.4 Å². The molecule has 0 amide bonds. The van der Waals surface area contributed by atoms with Crippen LogP contribution in [0.1, 0.15) is 17.2 Å². The van der Waals surface area contributed by atoms with Gasteiger partial charge >= 0.3 is 6.61 Å². The Morgan fingerprint density at radius 1 is 1.29 bits per heavy atom. The summed E-state index contributed by atoms with van der Waals surface area (Å²) in [5.74, 6) is 0.338. The number of aliphatic imine (C=N–C) groups is 1. The summed E-state index contributed by atoms with van der Waals surface area (Å²) in [7, 11) is 0. The minimum atomic E-state index is -2.87. The van der Waals surface area contributed by atoms with Gasteiger partial charge in [-0.3, -0.25) is 0 Å². The highest BCUT2D eigenvalue weighted by molar-refractivity contribution is 6.31. The second kappa shape index (κ2) is 9.42. The van der Waals surface area contributed by atoms with Crippen molar-refractivity contribution in [1.82, 2.24) is 15.1 Å². The number of hydrogen-bond acceptors (Lipinski definition) is 5. The summed E-state index contributed by atoms with van der Waals surface area (Å²) in [4.78, 5) is 4.43. The predicted molar refractivity (Wildman–Crippen MR) is 114 cm³/mol. The van der Waals surface area contributed by atoms with Crippen LogP contribution in [0.4, 0.5) is 14.5 Å². The third-order valence-corrected chi connectivity index (χ3v) is 5.04. The fourth-order valence-electron chi connectivity index (χ4n) is 3.19. The fraction of sp³-hybridized carbons (Fsp3) is 0.238. The summed E-state index contributed by atoms with van der Waals surface area (Å²) < 4.78 is 36.2. The Bertz CT molecular complexity index is 1070.